The molecule has 6 heteroatoms. The molecule has 1 aromatic heterocycles. The number of nitrogens with zero attached hydrogens (tertiary/aromatic N) is 1. The second kappa shape index (κ2) is 6.01. The predicted molar refractivity (Wildman–Crippen MR) is 79.5 cm³/mol. The summed E-state index contributed by atoms with van der Waals surface area (Å²) < 4.78 is 5.28. The van der Waals surface area contributed by atoms with Gasteiger partial charge in [-0.15, -0.1) is 0 Å². The van der Waals surface area contributed by atoms with E-state index >= 15 is 0 Å². The number of aromatic nitrogens is 1. The van der Waals surface area contributed by atoms with Crippen LogP contribution in [0.3, 0.4) is 0 Å². The van der Waals surface area contributed by atoms with Crippen molar-refractivity contribution in [1.29, 1.82) is 0 Å². The van der Waals surface area contributed by atoms with Crippen LogP contribution in [-0.4, -0.2) is 22.0 Å². The van der Waals surface area contributed by atoms with Gasteiger partial charge >= 0.3 is 5.97 Å². The normalized spacial score (nSPS) is 12.7. The largest absolute Gasteiger partial charge is 0.479 e. The van der Waals surface area contributed by atoms with Crippen molar-refractivity contribution in [1.82, 2.24) is 10.3 Å². The lowest BCUT2D eigenvalue weighted by molar-refractivity contribution is -0.139. The number of hydrogen-bond donors (Lipinski definition) is 2. The zero-order valence-electron chi connectivity index (χ0n) is 12.7. The first-order valence-electron chi connectivity index (χ1n) is 6.83. The van der Waals surface area contributed by atoms with E-state index in [2.05, 4.69) is 10.3 Å². The van der Waals surface area contributed by atoms with Crippen LogP contribution in [0, 0.1) is 0 Å². The Hall–Kier alpha value is -2.63. The van der Waals surface area contributed by atoms with Crippen LogP contribution in [0.25, 0.3) is 0 Å². The first-order valence-corrected chi connectivity index (χ1v) is 6.83. The second-order valence-corrected chi connectivity index (χ2v) is 5.94. The van der Waals surface area contributed by atoms with Crippen LogP contribution in [0.2, 0.25) is 0 Å². The van der Waals surface area contributed by atoms with E-state index in [1.807, 2.05) is 20.8 Å². The molecule has 2 aromatic rings. The molecule has 0 aliphatic heterocycles. The molecule has 2 rings (SSSR count). The van der Waals surface area contributed by atoms with Gasteiger partial charge in [0.15, 0.2) is 17.6 Å². The van der Waals surface area contributed by atoms with Crippen molar-refractivity contribution < 1.29 is 19.1 Å². The van der Waals surface area contributed by atoms with Crippen molar-refractivity contribution in [3.05, 3.63) is 53.7 Å². The number of amides is 1. The average Bonchev–Trinajstić information content (AvgIpc) is 2.95. The number of oxazole rings is 1. The molecule has 2 N–H and O–H groups in total. The van der Waals surface area contributed by atoms with E-state index in [1.165, 1.54) is 6.26 Å². The number of carboxylic acids is 1. The lowest BCUT2D eigenvalue weighted by atomic mass is 9.97. The molecule has 0 radical (unpaired) electrons. The smallest absolute Gasteiger partial charge is 0.330 e. The minimum absolute atomic E-state index is 0.0621. The van der Waals surface area contributed by atoms with Crippen LogP contribution in [-0.2, 0) is 10.2 Å². The molecule has 1 heterocycles. The third-order valence-electron chi connectivity index (χ3n) is 3.03. The number of benzene rings is 1. The molecule has 0 saturated carbocycles. The highest BCUT2D eigenvalue weighted by molar-refractivity contribution is 5.95. The van der Waals surface area contributed by atoms with Gasteiger partial charge in [-0.25, -0.2) is 9.78 Å². The Morgan fingerprint density at radius 2 is 1.86 bits per heavy atom. The molecule has 0 aliphatic carbocycles. The molecule has 1 aromatic carbocycles. The summed E-state index contributed by atoms with van der Waals surface area (Å²) in [5, 5.41) is 11.8. The van der Waals surface area contributed by atoms with Gasteiger partial charge in [0.25, 0.3) is 5.91 Å². The highest BCUT2D eigenvalue weighted by Gasteiger charge is 2.26. The first kappa shape index (κ1) is 15.8. The van der Waals surface area contributed by atoms with Crippen molar-refractivity contribution in [2.24, 2.45) is 0 Å². The fourth-order valence-corrected chi connectivity index (χ4v) is 1.86. The van der Waals surface area contributed by atoms with E-state index < -0.39 is 17.9 Å². The maximum Gasteiger partial charge on any atom is 0.330 e. The van der Waals surface area contributed by atoms with E-state index in [1.54, 1.807) is 30.3 Å². The minimum atomic E-state index is -1.14. The molecular weight excluding hydrogens is 284 g/mol. The Bertz CT molecular complexity index is 671. The standard InChI is InChI=1S/C16H18N2O4/c1-16(2,3)15-17-11(9-22-15)13(19)18-12(14(20)21)10-7-5-4-6-8-10/h4-9,12H,1-3H3,(H,18,19)(H,20,21). The van der Waals surface area contributed by atoms with Gasteiger partial charge in [0.2, 0.25) is 0 Å². The fraction of sp³-hybridized carbons (Fsp3) is 0.312. The third kappa shape index (κ3) is 3.52. The average molecular weight is 302 g/mol. The molecule has 116 valence electrons. The van der Waals surface area contributed by atoms with Gasteiger partial charge in [-0.1, -0.05) is 51.1 Å². The maximum absolute atomic E-state index is 12.2. The van der Waals surface area contributed by atoms with E-state index in [-0.39, 0.29) is 11.1 Å². The molecule has 1 atom stereocenters. The van der Waals surface area contributed by atoms with Crippen LogP contribution in [0.4, 0.5) is 0 Å². The number of carboxylic acid groups (broad SMARTS) is 1. The molecule has 1 amide bonds. The van der Waals surface area contributed by atoms with Crippen molar-refractivity contribution in [3.63, 3.8) is 0 Å². The molecule has 6 nitrogen and oxygen atoms in total. The molecule has 0 spiro atoms. The zero-order valence-corrected chi connectivity index (χ0v) is 12.7. The van der Waals surface area contributed by atoms with Gasteiger partial charge in [-0.05, 0) is 5.56 Å². The van der Waals surface area contributed by atoms with Crippen LogP contribution < -0.4 is 5.32 Å². The Morgan fingerprint density at radius 3 is 2.36 bits per heavy atom. The van der Waals surface area contributed by atoms with E-state index in [4.69, 9.17) is 4.42 Å². The van der Waals surface area contributed by atoms with Crippen molar-refractivity contribution >= 4 is 11.9 Å². The summed E-state index contributed by atoms with van der Waals surface area (Å²) in [5.74, 6) is -1.31. The van der Waals surface area contributed by atoms with Gasteiger partial charge in [-0.2, -0.15) is 0 Å². The van der Waals surface area contributed by atoms with Crippen molar-refractivity contribution in [2.45, 2.75) is 32.2 Å². The Kier molecular flexibility index (Phi) is 4.30. The highest BCUT2D eigenvalue weighted by Crippen LogP contribution is 2.21. The lowest BCUT2D eigenvalue weighted by Crippen LogP contribution is -2.34. The monoisotopic (exact) mass is 302 g/mol. The van der Waals surface area contributed by atoms with E-state index in [0.717, 1.165) is 0 Å². The molecular formula is C16H18N2O4. The zero-order chi connectivity index (χ0) is 16.3. The van der Waals surface area contributed by atoms with Crippen LogP contribution in [0.15, 0.2) is 41.0 Å². The van der Waals surface area contributed by atoms with Crippen LogP contribution >= 0.6 is 0 Å². The molecule has 0 aliphatic rings. The quantitative estimate of drug-likeness (QED) is 0.905. The fourth-order valence-electron chi connectivity index (χ4n) is 1.86. The van der Waals surface area contributed by atoms with E-state index in [9.17, 15) is 14.7 Å². The number of nitrogens with one attached hydrogen (secondary N) is 1. The summed E-state index contributed by atoms with van der Waals surface area (Å²) in [6, 6.07) is 7.35. The topological polar surface area (TPSA) is 92.4 Å². The number of rotatable bonds is 4. The summed E-state index contributed by atoms with van der Waals surface area (Å²) >= 11 is 0. The van der Waals surface area contributed by atoms with Gasteiger partial charge < -0.3 is 14.8 Å². The Balaban J connectivity index is 2.19. The summed E-state index contributed by atoms with van der Waals surface area (Å²) in [5.41, 5.74) is 0.222. The highest BCUT2D eigenvalue weighted by atomic mass is 16.4. The minimum Gasteiger partial charge on any atom is -0.479 e. The summed E-state index contributed by atoms with van der Waals surface area (Å²) in [6.07, 6.45) is 1.24. The molecule has 0 saturated heterocycles. The van der Waals surface area contributed by atoms with Crippen LogP contribution in [0.1, 0.15) is 48.8 Å². The summed E-state index contributed by atoms with van der Waals surface area (Å²) in [6.45, 7) is 5.72. The summed E-state index contributed by atoms with van der Waals surface area (Å²) in [7, 11) is 0. The van der Waals surface area contributed by atoms with Gasteiger partial charge in [-0.3, -0.25) is 4.79 Å². The van der Waals surface area contributed by atoms with Gasteiger partial charge in [0.1, 0.15) is 6.26 Å². The SMILES string of the molecule is CC(C)(C)c1nc(C(=O)NC(C(=O)O)c2ccccc2)co1. The number of hydrogen-bond acceptors (Lipinski definition) is 4. The molecule has 0 fully saturated rings. The van der Waals surface area contributed by atoms with Gasteiger partial charge in [0, 0.05) is 5.41 Å². The Labute approximate surface area is 128 Å². The Morgan fingerprint density at radius 1 is 1.23 bits per heavy atom. The molecule has 22 heavy (non-hydrogen) atoms. The third-order valence-corrected chi connectivity index (χ3v) is 3.03. The van der Waals surface area contributed by atoms with Crippen molar-refractivity contribution in [2.75, 3.05) is 0 Å². The predicted octanol–water partition coefficient (Wildman–Crippen LogP) is 2.53. The number of carbonyl (C=O) groups excluding carboxylic acids is 1. The maximum atomic E-state index is 12.2. The second-order valence-electron chi connectivity index (χ2n) is 5.94. The van der Waals surface area contributed by atoms with Gasteiger partial charge in [0.05, 0.1) is 0 Å². The molecule has 1 unspecified atom stereocenters. The number of aliphatic carboxylic acids is 1. The van der Waals surface area contributed by atoms with E-state index in [0.29, 0.717) is 11.5 Å². The summed E-state index contributed by atoms with van der Waals surface area (Å²) in [4.78, 5) is 27.7. The van der Waals surface area contributed by atoms with Crippen molar-refractivity contribution in [3.8, 4) is 0 Å². The first-order chi connectivity index (χ1) is 10.3. The number of carbonyl (C=O) groups is 2. The van der Waals surface area contributed by atoms with Crippen LogP contribution in [0.5, 0.6) is 0 Å². The molecule has 0 bridgehead atoms. The lowest BCUT2D eigenvalue weighted by Gasteiger charge is -2.14.